The molecular formula is C19H38O5Sr. The summed E-state index contributed by atoms with van der Waals surface area (Å²) >= 11 is 0. The molecule has 0 rings (SSSR count). The van der Waals surface area contributed by atoms with E-state index < -0.39 is 12.1 Å². The Morgan fingerprint density at radius 2 is 1.04 bits per heavy atom. The molecule has 0 radical (unpaired) electrons. The van der Waals surface area contributed by atoms with Crippen molar-refractivity contribution in [2.24, 2.45) is 0 Å². The molecule has 0 aliphatic rings. The first-order chi connectivity index (χ1) is 11.5. The van der Waals surface area contributed by atoms with Gasteiger partial charge in [0.15, 0.2) is 0 Å². The van der Waals surface area contributed by atoms with Gasteiger partial charge in [0.1, 0.15) is 0 Å². The molecule has 0 aliphatic heterocycles. The first-order valence-electron chi connectivity index (χ1n) is 9.29. The second kappa shape index (κ2) is 26.2. The van der Waals surface area contributed by atoms with Gasteiger partial charge in [-0.05, 0) is 32.1 Å². The van der Waals surface area contributed by atoms with Gasteiger partial charge < -0.3 is 15.3 Å². The molecule has 146 valence electrons. The predicted octanol–water partition coefficient (Wildman–Crippen LogP) is 5.41. The van der Waals surface area contributed by atoms with Crippen molar-refractivity contribution in [3.63, 3.8) is 0 Å². The summed E-state index contributed by atoms with van der Waals surface area (Å²) in [6.45, 7) is 2.26. The molecule has 5 nitrogen and oxygen atoms in total. The number of aliphatic carboxylic acids is 1. The van der Waals surface area contributed by atoms with E-state index in [0.717, 1.165) is 12.8 Å². The van der Waals surface area contributed by atoms with Crippen LogP contribution in [0.5, 0.6) is 0 Å². The van der Waals surface area contributed by atoms with Crippen LogP contribution in [0.1, 0.15) is 96.8 Å². The van der Waals surface area contributed by atoms with Crippen molar-refractivity contribution in [1.82, 2.24) is 0 Å². The van der Waals surface area contributed by atoms with Crippen molar-refractivity contribution in [3.8, 4) is 0 Å². The molecular weight excluding hydrogens is 396 g/mol. The summed E-state index contributed by atoms with van der Waals surface area (Å²) in [5.74, 6) is -0.664. The van der Waals surface area contributed by atoms with Crippen molar-refractivity contribution < 1.29 is 24.9 Å². The van der Waals surface area contributed by atoms with E-state index >= 15 is 0 Å². The number of hydrogen-bond acceptors (Lipinski definition) is 2. The van der Waals surface area contributed by atoms with E-state index in [4.69, 9.17) is 20.1 Å². The van der Waals surface area contributed by atoms with Gasteiger partial charge in [-0.3, -0.25) is 4.79 Å². The fourth-order valence-corrected chi connectivity index (χ4v) is 2.35. The van der Waals surface area contributed by atoms with Crippen LogP contribution in [0.15, 0.2) is 12.2 Å². The van der Waals surface area contributed by atoms with E-state index in [1.165, 1.54) is 70.6 Å². The maximum absolute atomic E-state index is 10.3. The molecule has 25 heavy (non-hydrogen) atoms. The minimum absolute atomic E-state index is 0. The van der Waals surface area contributed by atoms with Gasteiger partial charge in [-0.2, -0.15) is 0 Å². The van der Waals surface area contributed by atoms with E-state index in [2.05, 4.69) is 19.1 Å². The summed E-state index contributed by atoms with van der Waals surface area (Å²) in [6, 6.07) is 0. The molecule has 0 saturated carbocycles. The van der Waals surface area contributed by atoms with Crippen LogP contribution in [0.25, 0.3) is 0 Å². The quantitative estimate of drug-likeness (QED) is 0.182. The molecule has 0 aliphatic carbocycles. The van der Waals surface area contributed by atoms with Gasteiger partial charge >= 0.3 is 57.6 Å². The average Bonchev–Trinajstić information content (AvgIpc) is 2.50. The SMILES string of the molecule is CCCCCCCCC=CCCCCCCCC(=O)O.O=C(O)O.[SrH2]. The summed E-state index contributed by atoms with van der Waals surface area (Å²) < 4.78 is 0. The van der Waals surface area contributed by atoms with Crippen LogP contribution in [-0.4, -0.2) is 72.9 Å². The van der Waals surface area contributed by atoms with Crippen LogP contribution in [0.2, 0.25) is 0 Å². The Hall–Kier alpha value is -0.0395. The zero-order valence-electron chi connectivity index (χ0n) is 15.2. The van der Waals surface area contributed by atoms with Gasteiger partial charge in [0.2, 0.25) is 0 Å². The van der Waals surface area contributed by atoms with E-state index in [9.17, 15) is 4.79 Å². The van der Waals surface area contributed by atoms with Crippen LogP contribution in [0.4, 0.5) is 4.79 Å². The average molecular weight is 434 g/mol. The molecule has 0 heterocycles. The standard InChI is InChI=1S/C18H34O2.CH2O3.Sr.2H/c1-2-3-4-5-6-7-8-9-10-11-12-13-14-15-16-17-18(19)20;2-1(3)4;;;/h9-10H,2-8,11-17H2,1H3,(H,19,20);(H2,2,3,4);;;. The van der Waals surface area contributed by atoms with E-state index in [0.29, 0.717) is 6.42 Å². The Morgan fingerprint density at radius 1 is 0.680 bits per heavy atom. The van der Waals surface area contributed by atoms with Gasteiger partial charge in [-0.1, -0.05) is 70.4 Å². The summed E-state index contributed by atoms with van der Waals surface area (Å²) in [5, 5.41) is 22.5. The van der Waals surface area contributed by atoms with Crippen molar-refractivity contribution >= 4 is 57.6 Å². The van der Waals surface area contributed by atoms with Gasteiger partial charge in [0.25, 0.3) is 0 Å². The van der Waals surface area contributed by atoms with Crippen LogP contribution in [0.3, 0.4) is 0 Å². The van der Waals surface area contributed by atoms with Gasteiger partial charge in [-0.25, -0.2) is 4.79 Å². The second-order valence-corrected chi connectivity index (χ2v) is 6.01. The number of carbonyl (C=O) groups is 2. The normalized spacial score (nSPS) is 9.96. The van der Waals surface area contributed by atoms with Crippen LogP contribution in [0, 0.1) is 0 Å². The zero-order valence-corrected chi connectivity index (χ0v) is 15.2. The van der Waals surface area contributed by atoms with Crippen molar-refractivity contribution in [2.75, 3.05) is 0 Å². The van der Waals surface area contributed by atoms with Gasteiger partial charge in [0.05, 0.1) is 0 Å². The number of carboxylic acid groups (broad SMARTS) is 3. The molecule has 3 N–H and O–H groups in total. The van der Waals surface area contributed by atoms with Crippen molar-refractivity contribution in [1.29, 1.82) is 0 Å². The Bertz CT molecular complexity index is 315. The third kappa shape index (κ3) is 40.2. The number of allylic oxidation sites excluding steroid dienone is 2. The molecule has 0 unspecified atom stereocenters. The van der Waals surface area contributed by atoms with Crippen molar-refractivity contribution in [2.45, 2.75) is 96.8 Å². The Labute approximate surface area is 190 Å². The maximum atomic E-state index is 10.3. The topological polar surface area (TPSA) is 94.8 Å². The molecule has 0 saturated heterocycles. The Morgan fingerprint density at radius 3 is 1.44 bits per heavy atom. The second-order valence-electron chi connectivity index (χ2n) is 6.01. The Kier molecular flexibility index (Phi) is 31.1. The Balaban J connectivity index is -0.000000867. The fourth-order valence-electron chi connectivity index (χ4n) is 2.35. The third-order valence-corrected chi connectivity index (χ3v) is 3.65. The summed E-state index contributed by atoms with van der Waals surface area (Å²) in [5.41, 5.74) is 0. The predicted molar refractivity (Wildman–Crippen MR) is 106 cm³/mol. The summed E-state index contributed by atoms with van der Waals surface area (Å²) in [7, 11) is 0. The third-order valence-electron chi connectivity index (χ3n) is 3.65. The molecule has 6 heteroatoms. The van der Waals surface area contributed by atoms with Crippen LogP contribution in [-0.2, 0) is 4.79 Å². The first kappa shape index (κ1) is 29.7. The number of unbranched alkanes of at least 4 members (excludes halogenated alkanes) is 11. The molecule has 0 aromatic carbocycles. The molecule has 0 aromatic heterocycles. The first-order valence-corrected chi connectivity index (χ1v) is 9.29. The molecule has 0 fully saturated rings. The summed E-state index contributed by atoms with van der Waals surface area (Å²) in [6.07, 6.45) is 19.4. The van der Waals surface area contributed by atoms with E-state index in [-0.39, 0.29) is 45.5 Å². The van der Waals surface area contributed by atoms with Crippen LogP contribution < -0.4 is 0 Å². The van der Waals surface area contributed by atoms with E-state index in [1.807, 2.05) is 0 Å². The number of carboxylic acids is 1. The fraction of sp³-hybridized carbons (Fsp3) is 0.789. The minimum atomic E-state index is -1.83. The van der Waals surface area contributed by atoms with Crippen LogP contribution >= 0.6 is 0 Å². The van der Waals surface area contributed by atoms with Gasteiger partial charge in [0, 0.05) is 6.42 Å². The zero-order chi connectivity index (χ0) is 18.5. The number of hydrogen-bond donors (Lipinski definition) is 3. The molecule has 0 aromatic rings. The number of rotatable bonds is 15. The van der Waals surface area contributed by atoms with Crippen molar-refractivity contribution in [3.05, 3.63) is 12.2 Å². The monoisotopic (exact) mass is 434 g/mol. The molecule has 0 spiro atoms. The molecule has 0 amide bonds. The summed E-state index contributed by atoms with van der Waals surface area (Å²) in [4.78, 5) is 18.9. The van der Waals surface area contributed by atoms with E-state index in [1.54, 1.807) is 0 Å². The molecule has 0 bridgehead atoms. The van der Waals surface area contributed by atoms with Gasteiger partial charge in [-0.15, -0.1) is 0 Å². The molecule has 0 atom stereocenters.